The molecule has 0 bridgehead atoms. The van der Waals surface area contributed by atoms with Gasteiger partial charge in [-0.05, 0) is 31.9 Å². The first-order valence-electron chi connectivity index (χ1n) is 4.44. The third-order valence-electron chi connectivity index (χ3n) is 2.50. The van der Waals surface area contributed by atoms with Crippen LogP contribution in [-0.2, 0) is 5.60 Å². The molecular weight excluding hydrogens is 180 g/mol. The fraction of sp³-hybridized carbons (Fsp3) is 0.455. The summed E-state index contributed by atoms with van der Waals surface area (Å²) in [5.41, 5.74) is -0.987. The lowest BCUT2D eigenvalue weighted by Crippen LogP contribution is -2.24. The lowest BCUT2D eigenvalue weighted by Gasteiger charge is -2.19. The third-order valence-corrected chi connectivity index (χ3v) is 3.63. The second kappa shape index (κ2) is 2.87. The number of aliphatic hydroxyl groups is 1. The van der Waals surface area contributed by atoms with Crippen LogP contribution in [0.25, 0.3) is 0 Å². The van der Waals surface area contributed by atoms with Crippen molar-refractivity contribution in [2.45, 2.75) is 25.4 Å². The van der Waals surface area contributed by atoms with Gasteiger partial charge in [-0.2, -0.15) is 0 Å². The summed E-state index contributed by atoms with van der Waals surface area (Å²) in [5.74, 6) is 2.82. The molecule has 1 heterocycles. The molecule has 68 valence electrons. The highest BCUT2D eigenvalue weighted by Gasteiger charge is 2.44. The molecule has 1 aromatic heterocycles. The van der Waals surface area contributed by atoms with Crippen LogP contribution in [0.5, 0.6) is 0 Å². The Balaban J connectivity index is 2.37. The summed E-state index contributed by atoms with van der Waals surface area (Å²) in [6.07, 6.45) is 7.50. The number of rotatable bonds is 2. The average Bonchev–Trinajstić information content (AvgIpc) is 2.89. The fourth-order valence-electron chi connectivity index (χ4n) is 1.53. The predicted octanol–water partition coefficient (Wildman–Crippen LogP) is 2.29. The Bertz CT molecular complexity index is 356. The number of terminal acetylenes is 1. The maximum atomic E-state index is 10.2. The molecule has 0 aliphatic heterocycles. The molecule has 1 unspecified atom stereocenters. The molecule has 1 aliphatic rings. The van der Waals surface area contributed by atoms with Gasteiger partial charge in [0.05, 0.1) is 0 Å². The van der Waals surface area contributed by atoms with E-state index in [0.29, 0.717) is 0 Å². The van der Waals surface area contributed by atoms with Crippen molar-refractivity contribution in [2.24, 2.45) is 5.92 Å². The van der Waals surface area contributed by atoms with Crippen molar-refractivity contribution < 1.29 is 5.11 Å². The van der Waals surface area contributed by atoms with Crippen LogP contribution in [0.4, 0.5) is 0 Å². The van der Waals surface area contributed by atoms with E-state index in [4.69, 9.17) is 6.42 Å². The molecule has 2 heteroatoms. The molecule has 2 rings (SSSR count). The van der Waals surface area contributed by atoms with Crippen LogP contribution in [0.2, 0.25) is 0 Å². The second-order valence-electron chi connectivity index (χ2n) is 3.60. The van der Waals surface area contributed by atoms with Gasteiger partial charge in [0.1, 0.15) is 0 Å². The van der Waals surface area contributed by atoms with E-state index >= 15 is 0 Å². The monoisotopic (exact) mass is 192 g/mol. The molecule has 0 saturated heterocycles. The fourth-order valence-corrected chi connectivity index (χ4v) is 2.53. The van der Waals surface area contributed by atoms with Crippen LogP contribution in [0.1, 0.15) is 22.6 Å². The first-order valence-corrected chi connectivity index (χ1v) is 5.25. The maximum absolute atomic E-state index is 10.2. The number of hydrogen-bond donors (Lipinski definition) is 1. The Morgan fingerprint density at radius 1 is 1.62 bits per heavy atom. The molecule has 0 amide bonds. The van der Waals surface area contributed by atoms with Crippen molar-refractivity contribution in [1.29, 1.82) is 0 Å². The minimum Gasteiger partial charge on any atom is -0.372 e. The maximum Gasteiger partial charge on any atom is 0.162 e. The molecular formula is C11H12OS. The van der Waals surface area contributed by atoms with Crippen LogP contribution in [0, 0.1) is 25.2 Å². The van der Waals surface area contributed by atoms with Crippen molar-refractivity contribution in [3.8, 4) is 12.3 Å². The largest absolute Gasteiger partial charge is 0.372 e. The molecule has 0 spiro atoms. The van der Waals surface area contributed by atoms with E-state index in [0.717, 1.165) is 17.7 Å². The normalized spacial score (nSPS) is 20.7. The zero-order chi connectivity index (χ0) is 9.47. The van der Waals surface area contributed by atoms with Crippen LogP contribution in [0.15, 0.2) is 12.1 Å². The molecule has 1 saturated carbocycles. The van der Waals surface area contributed by atoms with Gasteiger partial charge in [0.2, 0.25) is 0 Å². The number of hydrogen-bond acceptors (Lipinski definition) is 2. The smallest absolute Gasteiger partial charge is 0.162 e. The Morgan fingerprint density at radius 2 is 2.31 bits per heavy atom. The molecule has 1 nitrogen and oxygen atoms in total. The van der Waals surface area contributed by atoms with Gasteiger partial charge >= 0.3 is 0 Å². The number of thiophene rings is 1. The Hall–Kier alpha value is -0.780. The minimum absolute atomic E-state index is 0.288. The zero-order valence-electron chi connectivity index (χ0n) is 7.58. The van der Waals surface area contributed by atoms with E-state index in [1.165, 1.54) is 4.88 Å². The first-order chi connectivity index (χ1) is 6.16. The van der Waals surface area contributed by atoms with Gasteiger partial charge in [0.25, 0.3) is 0 Å². The quantitative estimate of drug-likeness (QED) is 0.713. The molecule has 13 heavy (non-hydrogen) atoms. The summed E-state index contributed by atoms with van der Waals surface area (Å²) in [5, 5.41) is 10.2. The molecule has 0 aromatic carbocycles. The highest BCUT2D eigenvalue weighted by molar-refractivity contribution is 7.12. The van der Waals surface area contributed by atoms with Crippen molar-refractivity contribution >= 4 is 11.3 Å². The van der Waals surface area contributed by atoms with Gasteiger partial charge in [0, 0.05) is 15.7 Å². The van der Waals surface area contributed by atoms with Crippen molar-refractivity contribution in [3.63, 3.8) is 0 Å². The van der Waals surface area contributed by atoms with Gasteiger partial charge in [-0.25, -0.2) is 0 Å². The van der Waals surface area contributed by atoms with Gasteiger partial charge in [-0.3, -0.25) is 0 Å². The number of aryl methyl sites for hydroxylation is 1. The molecule has 1 N–H and O–H groups in total. The van der Waals surface area contributed by atoms with E-state index in [-0.39, 0.29) is 5.92 Å². The van der Waals surface area contributed by atoms with E-state index < -0.39 is 5.60 Å². The molecule has 1 aliphatic carbocycles. The van der Waals surface area contributed by atoms with E-state index in [2.05, 4.69) is 5.92 Å². The van der Waals surface area contributed by atoms with Gasteiger partial charge in [-0.15, -0.1) is 17.8 Å². The SMILES string of the molecule is C#CC(O)(c1ccc(C)s1)C1CC1. The third kappa shape index (κ3) is 1.39. The highest BCUT2D eigenvalue weighted by atomic mass is 32.1. The summed E-state index contributed by atoms with van der Waals surface area (Å²) in [7, 11) is 0. The summed E-state index contributed by atoms with van der Waals surface area (Å²) in [6, 6.07) is 3.95. The summed E-state index contributed by atoms with van der Waals surface area (Å²) >= 11 is 1.60. The average molecular weight is 192 g/mol. The lowest BCUT2D eigenvalue weighted by molar-refractivity contribution is 0.0797. The highest BCUT2D eigenvalue weighted by Crippen LogP contribution is 2.47. The minimum atomic E-state index is -0.987. The van der Waals surface area contributed by atoms with Crippen LogP contribution >= 0.6 is 11.3 Å². The topological polar surface area (TPSA) is 20.2 Å². The van der Waals surface area contributed by atoms with Crippen molar-refractivity contribution in [2.75, 3.05) is 0 Å². The zero-order valence-corrected chi connectivity index (χ0v) is 8.40. The Kier molecular flexibility index (Phi) is 1.94. The van der Waals surface area contributed by atoms with E-state index in [1.54, 1.807) is 11.3 Å². The van der Waals surface area contributed by atoms with Gasteiger partial charge < -0.3 is 5.11 Å². The first kappa shape index (κ1) is 8.80. The Morgan fingerprint density at radius 3 is 2.69 bits per heavy atom. The lowest BCUT2D eigenvalue weighted by atomic mass is 9.97. The Labute approximate surface area is 82.4 Å². The van der Waals surface area contributed by atoms with E-state index in [9.17, 15) is 5.11 Å². The summed E-state index contributed by atoms with van der Waals surface area (Å²) < 4.78 is 0. The van der Waals surface area contributed by atoms with Gasteiger partial charge in [-0.1, -0.05) is 5.92 Å². The second-order valence-corrected chi connectivity index (χ2v) is 4.88. The summed E-state index contributed by atoms with van der Waals surface area (Å²) in [4.78, 5) is 2.12. The standard InChI is InChI=1S/C11H12OS/c1-3-11(12,9-5-6-9)10-7-4-8(2)13-10/h1,4,7,9,12H,5-6H2,2H3. The predicted molar refractivity (Wildman–Crippen MR) is 54.5 cm³/mol. The van der Waals surface area contributed by atoms with Crippen molar-refractivity contribution in [3.05, 3.63) is 21.9 Å². The summed E-state index contributed by atoms with van der Waals surface area (Å²) in [6.45, 7) is 2.03. The van der Waals surface area contributed by atoms with Gasteiger partial charge in [0.15, 0.2) is 5.60 Å². The molecule has 1 aromatic rings. The molecule has 1 fully saturated rings. The molecule has 0 radical (unpaired) electrons. The van der Waals surface area contributed by atoms with Crippen LogP contribution in [-0.4, -0.2) is 5.11 Å². The van der Waals surface area contributed by atoms with Crippen molar-refractivity contribution in [1.82, 2.24) is 0 Å². The van der Waals surface area contributed by atoms with Crippen LogP contribution < -0.4 is 0 Å². The van der Waals surface area contributed by atoms with Crippen LogP contribution in [0.3, 0.4) is 0 Å². The van der Waals surface area contributed by atoms with E-state index in [1.807, 2.05) is 19.1 Å². The molecule has 1 atom stereocenters.